The molecule has 0 bridgehead atoms. The molecule has 0 amide bonds. The molecule has 0 saturated heterocycles. The van der Waals surface area contributed by atoms with E-state index in [4.69, 9.17) is 19.3 Å². The molecule has 0 atom stereocenters. The Kier molecular flexibility index (Phi) is 7.32. The third-order valence-electron chi connectivity index (χ3n) is 5.24. The van der Waals surface area contributed by atoms with Crippen LogP contribution in [0.3, 0.4) is 0 Å². The Morgan fingerprint density at radius 3 is 2.50 bits per heavy atom. The number of carboxylic acid groups (broad SMARTS) is 1. The van der Waals surface area contributed by atoms with E-state index in [2.05, 4.69) is 20.0 Å². The van der Waals surface area contributed by atoms with Gasteiger partial charge < -0.3 is 29.4 Å². The molecule has 0 aliphatic carbocycles. The van der Waals surface area contributed by atoms with Crippen molar-refractivity contribution in [3.63, 3.8) is 0 Å². The van der Waals surface area contributed by atoms with Crippen molar-refractivity contribution in [2.75, 3.05) is 32.2 Å². The van der Waals surface area contributed by atoms with Gasteiger partial charge in [0.25, 0.3) is 0 Å². The summed E-state index contributed by atoms with van der Waals surface area (Å²) in [5, 5.41) is 12.1. The largest absolute Gasteiger partial charge is 0.573 e. The first-order valence-corrected chi connectivity index (χ1v) is 10.8. The van der Waals surface area contributed by atoms with Crippen molar-refractivity contribution in [2.45, 2.75) is 19.2 Å². The molecule has 1 aromatic heterocycles. The van der Waals surface area contributed by atoms with Gasteiger partial charge in [0.15, 0.2) is 11.5 Å². The Morgan fingerprint density at radius 2 is 1.81 bits per heavy atom. The lowest BCUT2D eigenvalue weighted by molar-refractivity contribution is -0.274. The molecule has 0 unspecified atom stereocenters. The van der Waals surface area contributed by atoms with E-state index in [0.29, 0.717) is 60.5 Å². The van der Waals surface area contributed by atoms with Gasteiger partial charge in [-0.15, -0.1) is 13.2 Å². The summed E-state index contributed by atoms with van der Waals surface area (Å²) in [6.45, 7) is 1.40. The number of alkyl halides is 3. The Labute approximate surface area is 203 Å². The molecule has 4 rings (SSSR count). The van der Waals surface area contributed by atoms with Gasteiger partial charge in [-0.2, -0.15) is 0 Å². The lowest BCUT2D eigenvalue weighted by Gasteiger charge is -2.20. The number of rotatable bonds is 9. The normalized spacial score (nSPS) is 12.7. The number of anilines is 1. The quantitative estimate of drug-likeness (QED) is 0.444. The van der Waals surface area contributed by atoms with E-state index < -0.39 is 24.5 Å². The topological polar surface area (TPSA) is 112 Å². The molecule has 2 heterocycles. The SMILES string of the molecule is COc1cc2c(cc1CCNc1cc(-c3ccc(CC(=O)O)c(OC(F)(F)F)c3)ncn1)OCCO2. The predicted molar refractivity (Wildman–Crippen MR) is 122 cm³/mol. The first-order chi connectivity index (χ1) is 17.2. The minimum atomic E-state index is -4.97. The van der Waals surface area contributed by atoms with E-state index >= 15 is 0 Å². The highest BCUT2D eigenvalue weighted by Crippen LogP contribution is 2.37. The molecule has 0 fully saturated rings. The van der Waals surface area contributed by atoms with Gasteiger partial charge in [0.1, 0.15) is 36.9 Å². The lowest BCUT2D eigenvalue weighted by atomic mass is 10.1. The van der Waals surface area contributed by atoms with E-state index in [1.807, 2.05) is 6.07 Å². The highest BCUT2D eigenvalue weighted by Gasteiger charge is 2.32. The number of aromatic nitrogens is 2. The van der Waals surface area contributed by atoms with E-state index in [1.165, 1.54) is 18.5 Å². The average Bonchev–Trinajstić information content (AvgIpc) is 2.83. The zero-order chi connectivity index (χ0) is 25.7. The standard InChI is InChI=1S/C24H22F3N3O6/c1-33-18-12-21-20(34-6-7-35-21)9-16(18)4-5-28-22-11-17(29-13-30-22)14-2-3-15(10-23(31)32)19(8-14)36-24(25,26)27/h2-3,8-9,11-13H,4-7,10H2,1H3,(H,31,32)(H,28,29,30). The number of carboxylic acids is 1. The summed E-state index contributed by atoms with van der Waals surface area (Å²) in [5.74, 6) is 0.495. The Morgan fingerprint density at radius 1 is 1.06 bits per heavy atom. The number of nitrogens with zero attached hydrogens (tertiary/aromatic N) is 2. The maximum Gasteiger partial charge on any atom is 0.573 e. The number of aliphatic carboxylic acids is 1. The third-order valence-corrected chi connectivity index (χ3v) is 5.24. The molecule has 9 nitrogen and oxygen atoms in total. The highest BCUT2D eigenvalue weighted by atomic mass is 19.4. The first kappa shape index (κ1) is 24.9. The van der Waals surface area contributed by atoms with Gasteiger partial charge in [-0.05, 0) is 24.1 Å². The second kappa shape index (κ2) is 10.6. The maximum atomic E-state index is 12.9. The van der Waals surface area contributed by atoms with Gasteiger partial charge in [-0.25, -0.2) is 9.97 Å². The molecular formula is C24H22F3N3O6. The molecule has 2 aromatic carbocycles. The number of methoxy groups -OCH3 is 1. The fraction of sp³-hybridized carbons (Fsp3) is 0.292. The van der Waals surface area contributed by atoms with Gasteiger partial charge in [-0.3, -0.25) is 4.79 Å². The fourth-order valence-electron chi connectivity index (χ4n) is 3.68. The van der Waals surface area contributed by atoms with Gasteiger partial charge >= 0.3 is 12.3 Å². The Bertz CT molecular complexity index is 1250. The minimum Gasteiger partial charge on any atom is -0.496 e. The van der Waals surface area contributed by atoms with Crippen LogP contribution >= 0.6 is 0 Å². The van der Waals surface area contributed by atoms with Crippen molar-refractivity contribution in [3.05, 3.63) is 53.9 Å². The lowest BCUT2D eigenvalue weighted by Crippen LogP contribution is -2.18. The maximum absolute atomic E-state index is 12.9. The van der Waals surface area contributed by atoms with Gasteiger partial charge in [-0.1, -0.05) is 12.1 Å². The van der Waals surface area contributed by atoms with E-state index in [0.717, 1.165) is 11.6 Å². The number of carbonyl (C=O) groups is 1. The summed E-state index contributed by atoms with van der Waals surface area (Å²) in [6.07, 6.45) is -3.75. The smallest absolute Gasteiger partial charge is 0.496 e. The van der Waals surface area contributed by atoms with Crippen LogP contribution in [0.1, 0.15) is 11.1 Å². The molecule has 12 heteroatoms. The summed E-state index contributed by atoms with van der Waals surface area (Å²) in [5.41, 5.74) is 1.43. The number of nitrogens with one attached hydrogen (secondary N) is 1. The average molecular weight is 505 g/mol. The van der Waals surface area contributed by atoms with Crippen molar-refractivity contribution in [1.82, 2.24) is 9.97 Å². The Hall–Kier alpha value is -4.22. The van der Waals surface area contributed by atoms with Gasteiger partial charge in [0.05, 0.1) is 19.2 Å². The van der Waals surface area contributed by atoms with Gasteiger partial charge in [0, 0.05) is 29.8 Å². The molecule has 0 radical (unpaired) electrons. The summed E-state index contributed by atoms with van der Waals surface area (Å²) >= 11 is 0. The van der Waals surface area contributed by atoms with Crippen molar-refractivity contribution >= 4 is 11.8 Å². The Balaban J connectivity index is 1.49. The predicted octanol–water partition coefficient (Wildman–Crippen LogP) is 4.10. The van der Waals surface area contributed by atoms with Crippen LogP contribution in [0.15, 0.2) is 42.7 Å². The van der Waals surface area contributed by atoms with Crippen LogP contribution in [-0.4, -0.2) is 54.3 Å². The molecule has 1 aliphatic rings. The highest BCUT2D eigenvalue weighted by molar-refractivity contribution is 5.73. The number of halogens is 3. The molecule has 3 aromatic rings. The van der Waals surface area contributed by atoms with Crippen LogP contribution in [0.25, 0.3) is 11.3 Å². The number of hydrogen-bond donors (Lipinski definition) is 2. The van der Waals surface area contributed by atoms with Crippen molar-refractivity contribution < 1.29 is 42.0 Å². The van der Waals surface area contributed by atoms with Crippen molar-refractivity contribution in [2.24, 2.45) is 0 Å². The second-order valence-corrected chi connectivity index (χ2v) is 7.71. The zero-order valence-corrected chi connectivity index (χ0v) is 19.1. The molecule has 0 spiro atoms. The van der Waals surface area contributed by atoms with Crippen molar-refractivity contribution in [3.8, 4) is 34.3 Å². The molecule has 1 aliphatic heterocycles. The molecule has 0 saturated carbocycles. The van der Waals surface area contributed by atoms with Crippen LogP contribution in [0.4, 0.5) is 19.0 Å². The van der Waals surface area contributed by atoms with E-state index in [-0.39, 0.29) is 5.56 Å². The third kappa shape index (κ3) is 6.26. The number of ether oxygens (including phenoxy) is 4. The monoisotopic (exact) mass is 505 g/mol. The molecule has 2 N–H and O–H groups in total. The minimum absolute atomic E-state index is 0.107. The summed E-state index contributed by atoms with van der Waals surface area (Å²) in [6, 6.07) is 9.08. The van der Waals surface area contributed by atoms with Crippen LogP contribution in [0.5, 0.6) is 23.0 Å². The summed E-state index contributed by atoms with van der Waals surface area (Å²) < 4.78 is 59.3. The van der Waals surface area contributed by atoms with Crippen LogP contribution < -0.4 is 24.3 Å². The first-order valence-electron chi connectivity index (χ1n) is 10.8. The van der Waals surface area contributed by atoms with Crippen LogP contribution in [-0.2, 0) is 17.6 Å². The molecule has 36 heavy (non-hydrogen) atoms. The number of hydrogen-bond acceptors (Lipinski definition) is 8. The molecular weight excluding hydrogens is 483 g/mol. The summed E-state index contributed by atoms with van der Waals surface area (Å²) in [7, 11) is 1.57. The van der Waals surface area contributed by atoms with Gasteiger partial charge in [0.2, 0.25) is 0 Å². The fourth-order valence-corrected chi connectivity index (χ4v) is 3.68. The number of benzene rings is 2. The molecule has 190 valence electrons. The van der Waals surface area contributed by atoms with Crippen molar-refractivity contribution in [1.29, 1.82) is 0 Å². The zero-order valence-electron chi connectivity index (χ0n) is 19.1. The van der Waals surface area contributed by atoms with Crippen LogP contribution in [0.2, 0.25) is 0 Å². The van der Waals surface area contributed by atoms with E-state index in [1.54, 1.807) is 19.2 Å². The van der Waals surface area contributed by atoms with Crippen LogP contribution in [0, 0.1) is 0 Å². The number of fused-ring (bicyclic) bond motifs is 1. The summed E-state index contributed by atoms with van der Waals surface area (Å²) in [4.78, 5) is 19.3. The second-order valence-electron chi connectivity index (χ2n) is 7.71. The van der Waals surface area contributed by atoms with E-state index in [9.17, 15) is 18.0 Å².